The van der Waals surface area contributed by atoms with E-state index in [-0.39, 0.29) is 0 Å². The molecule has 2 aliphatic carbocycles. The van der Waals surface area contributed by atoms with Crippen molar-refractivity contribution in [3.63, 3.8) is 0 Å². The van der Waals surface area contributed by atoms with Crippen LogP contribution < -0.4 is 10.1 Å². The Morgan fingerprint density at radius 1 is 1.05 bits per heavy atom. The van der Waals surface area contributed by atoms with Gasteiger partial charge in [-0.05, 0) is 74.6 Å². The highest BCUT2D eigenvalue weighted by Crippen LogP contribution is 2.48. The molecule has 0 unspecified atom stereocenters. The number of benzene rings is 1. The molecule has 3 rings (SSSR count). The van der Waals surface area contributed by atoms with Crippen LogP contribution in [0.25, 0.3) is 0 Å². The first-order chi connectivity index (χ1) is 10.3. The van der Waals surface area contributed by atoms with E-state index < -0.39 is 0 Å². The van der Waals surface area contributed by atoms with Gasteiger partial charge in [-0.15, -0.1) is 0 Å². The first kappa shape index (κ1) is 14.9. The van der Waals surface area contributed by atoms with Gasteiger partial charge in [-0.1, -0.05) is 25.0 Å². The van der Waals surface area contributed by atoms with Crippen molar-refractivity contribution in [1.29, 1.82) is 0 Å². The third-order valence-electron chi connectivity index (χ3n) is 5.72. The van der Waals surface area contributed by atoms with Crippen LogP contribution in [0.15, 0.2) is 24.3 Å². The summed E-state index contributed by atoms with van der Waals surface area (Å²) in [7, 11) is 1.72. The number of hydrogen-bond acceptors (Lipinski definition) is 2. The Morgan fingerprint density at radius 3 is 2.33 bits per heavy atom. The van der Waals surface area contributed by atoms with Gasteiger partial charge in [0.1, 0.15) is 5.75 Å². The van der Waals surface area contributed by atoms with Crippen molar-refractivity contribution in [2.24, 2.45) is 5.41 Å². The standard InChI is InChI=1S/C19H29NO/c1-21-18-6-4-16(5-7-18)10-15-20-17-8-13-19(14-9-17)11-2-3-12-19/h4-7,17,20H,2-3,8-15H2,1H3. The summed E-state index contributed by atoms with van der Waals surface area (Å²) in [6.07, 6.45) is 12.8. The summed E-state index contributed by atoms with van der Waals surface area (Å²) in [6.45, 7) is 1.10. The largest absolute Gasteiger partial charge is 0.497 e. The third kappa shape index (κ3) is 3.79. The smallest absolute Gasteiger partial charge is 0.118 e. The molecule has 0 radical (unpaired) electrons. The van der Waals surface area contributed by atoms with Gasteiger partial charge in [0.25, 0.3) is 0 Å². The van der Waals surface area contributed by atoms with E-state index in [1.54, 1.807) is 7.11 Å². The van der Waals surface area contributed by atoms with Crippen LogP contribution in [-0.4, -0.2) is 19.7 Å². The Kier molecular flexibility index (Phi) is 4.84. The molecule has 0 bridgehead atoms. The average Bonchev–Trinajstić information content (AvgIpc) is 2.98. The van der Waals surface area contributed by atoms with Crippen molar-refractivity contribution in [2.45, 2.75) is 63.8 Å². The fraction of sp³-hybridized carbons (Fsp3) is 0.684. The molecule has 0 aliphatic heterocycles. The summed E-state index contributed by atoms with van der Waals surface area (Å²) in [5, 5.41) is 3.77. The lowest BCUT2D eigenvalue weighted by Crippen LogP contribution is -2.37. The molecule has 21 heavy (non-hydrogen) atoms. The molecule has 0 saturated heterocycles. The zero-order valence-corrected chi connectivity index (χ0v) is 13.4. The van der Waals surface area contributed by atoms with Gasteiger partial charge in [0.15, 0.2) is 0 Å². The van der Waals surface area contributed by atoms with Crippen molar-refractivity contribution >= 4 is 0 Å². The molecule has 2 aliphatic rings. The second-order valence-corrected chi connectivity index (χ2v) is 7.03. The van der Waals surface area contributed by atoms with E-state index in [0.29, 0.717) is 0 Å². The van der Waals surface area contributed by atoms with E-state index in [1.165, 1.54) is 56.9 Å². The molecule has 2 nitrogen and oxygen atoms in total. The molecule has 2 fully saturated rings. The monoisotopic (exact) mass is 287 g/mol. The van der Waals surface area contributed by atoms with Gasteiger partial charge >= 0.3 is 0 Å². The van der Waals surface area contributed by atoms with Crippen LogP contribution in [-0.2, 0) is 6.42 Å². The Balaban J connectivity index is 1.38. The fourth-order valence-electron chi connectivity index (χ4n) is 4.27. The van der Waals surface area contributed by atoms with Crippen molar-refractivity contribution in [1.82, 2.24) is 5.32 Å². The topological polar surface area (TPSA) is 21.3 Å². The Labute approximate surface area is 129 Å². The Hall–Kier alpha value is -1.02. The van der Waals surface area contributed by atoms with Gasteiger partial charge in [0, 0.05) is 6.04 Å². The predicted molar refractivity (Wildman–Crippen MR) is 87.9 cm³/mol. The molecule has 0 amide bonds. The van der Waals surface area contributed by atoms with Gasteiger partial charge < -0.3 is 10.1 Å². The molecule has 2 heteroatoms. The fourth-order valence-corrected chi connectivity index (χ4v) is 4.27. The van der Waals surface area contributed by atoms with Crippen molar-refractivity contribution in [2.75, 3.05) is 13.7 Å². The van der Waals surface area contributed by atoms with Crippen LogP contribution in [0.4, 0.5) is 0 Å². The van der Waals surface area contributed by atoms with E-state index in [0.717, 1.165) is 30.2 Å². The van der Waals surface area contributed by atoms with Crippen molar-refractivity contribution in [3.8, 4) is 5.75 Å². The molecule has 0 heterocycles. The summed E-state index contributed by atoms with van der Waals surface area (Å²) in [6, 6.07) is 9.22. The molecule has 1 aromatic carbocycles. The molecular formula is C19H29NO. The molecule has 116 valence electrons. The summed E-state index contributed by atoms with van der Waals surface area (Å²) in [5.41, 5.74) is 2.15. The van der Waals surface area contributed by atoms with E-state index in [4.69, 9.17) is 4.74 Å². The summed E-state index contributed by atoms with van der Waals surface area (Å²) < 4.78 is 5.20. The van der Waals surface area contributed by atoms with Crippen LogP contribution in [0.5, 0.6) is 5.75 Å². The summed E-state index contributed by atoms with van der Waals surface area (Å²) >= 11 is 0. The minimum absolute atomic E-state index is 0.758. The summed E-state index contributed by atoms with van der Waals surface area (Å²) in [4.78, 5) is 0. The molecule has 0 aromatic heterocycles. The average molecular weight is 287 g/mol. The van der Waals surface area contributed by atoms with Gasteiger partial charge in [-0.3, -0.25) is 0 Å². The number of nitrogens with one attached hydrogen (secondary N) is 1. The maximum absolute atomic E-state index is 5.20. The highest BCUT2D eigenvalue weighted by molar-refractivity contribution is 5.27. The first-order valence-electron chi connectivity index (χ1n) is 8.66. The quantitative estimate of drug-likeness (QED) is 0.870. The van der Waals surface area contributed by atoms with Crippen LogP contribution >= 0.6 is 0 Å². The van der Waals surface area contributed by atoms with Crippen LogP contribution in [0.2, 0.25) is 0 Å². The maximum atomic E-state index is 5.20. The van der Waals surface area contributed by atoms with Gasteiger partial charge in [-0.2, -0.15) is 0 Å². The van der Waals surface area contributed by atoms with Crippen LogP contribution in [0, 0.1) is 5.41 Å². The van der Waals surface area contributed by atoms with Crippen molar-refractivity contribution in [3.05, 3.63) is 29.8 Å². The maximum Gasteiger partial charge on any atom is 0.118 e. The third-order valence-corrected chi connectivity index (χ3v) is 5.72. The first-order valence-corrected chi connectivity index (χ1v) is 8.66. The number of hydrogen-bond donors (Lipinski definition) is 1. The van der Waals surface area contributed by atoms with E-state index in [2.05, 4.69) is 29.6 Å². The predicted octanol–water partition coefficient (Wildman–Crippen LogP) is 4.33. The molecule has 0 atom stereocenters. The zero-order chi connectivity index (χ0) is 14.5. The van der Waals surface area contributed by atoms with Crippen molar-refractivity contribution < 1.29 is 4.74 Å². The second-order valence-electron chi connectivity index (χ2n) is 7.03. The minimum Gasteiger partial charge on any atom is -0.497 e. The SMILES string of the molecule is COc1ccc(CCNC2CCC3(CCCC3)CC2)cc1. The van der Waals surface area contributed by atoms with Crippen LogP contribution in [0.1, 0.15) is 56.9 Å². The lowest BCUT2D eigenvalue weighted by molar-refractivity contribution is 0.169. The minimum atomic E-state index is 0.758. The van der Waals surface area contributed by atoms with Gasteiger partial charge in [0.05, 0.1) is 7.11 Å². The number of methoxy groups -OCH3 is 1. The molecule has 1 aromatic rings. The molecular weight excluding hydrogens is 258 g/mol. The molecule has 1 N–H and O–H groups in total. The van der Waals surface area contributed by atoms with E-state index in [9.17, 15) is 0 Å². The highest BCUT2D eigenvalue weighted by Gasteiger charge is 2.37. The lowest BCUT2D eigenvalue weighted by Gasteiger charge is -2.37. The lowest BCUT2D eigenvalue weighted by atomic mass is 9.71. The Bertz CT molecular complexity index is 423. The van der Waals surface area contributed by atoms with E-state index in [1.807, 2.05) is 0 Å². The zero-order valence-electron chi connectivity index (χ0n) is 13.4. The van der Waals surface area contributed by atoms with Crippen LogP contribution in [0.3, 0.4) is 0 Å². The molecule has 2 saturated carbocycles. The molecule has 1 spiro atoms. The summed E-state index contributed by atoms with van der Waals surface area (Å²) in [5.74, 6) is 0.945. The normalized spacial score (nSPS) is 21.8. The van der Waals surface area contributed by atoms with Gasteiger partial charge in [-0.25, -0.2) is 0 Å². The highest BCUT2D eigenvalue weighted by atomic mass is 16.5. The Morgan fingerprint density at radius 2 is 1.71 bits per heavy atom. The van der Waals surface area contributed by atoms with E-state index >= 15 is 0 Å². The van der Waals surface area contributed by atoms with Gasteiger partial charge in [0.2, 0.25) is 0 Å². The number of rotatable bonds is 5. The number of ether oxygens (including phenoxy) is 1. The second kappa shape index (κ2) is 6.83.